The highest BCUT2D eigenvalue weighted by molar-refractivity contribution is 6.05. The first-order valence-corrected chi connectivity index (χ1v) is 10.2. The van der Waals surface area contributed by atoms with E-state index in [0.29, 0.717) is 35.6 Å². The molecule has 1 fully saturated rings. The van der Waals surface area contributed by atoms with Crippen LogP contribution in [0, 0.1) is 5.92 Å². The fourth-order valence-electron chi connectivity index (χ4n) is 3.81. The Hall–Kier alpha value is -2.97. The van der Waals surface area contributed by atoms with Gasteiger partial charge in [0.1, 0.15) is 17.0 Å². The van der Waals surface area contributed by atoms with Crippen molar-refractivity contribution in [2.75, 3.05) is 23.3 Å². The highest BCUT2D eigenvalue weighted by atomic mass is 16.3. The molecule has 0 aliphatic carbocycles. The number of aromatic nitrogens is 2. The number of nitrogens with zero attached hydrogens (tertiary/aromatic N) is 3. The van der Waals surface area contributed by atoms with E-state index >= 15 is 0 Å². The molecule has 1 saturated heterocycles. The average molecular weight is 409 g/mol. The number of hydrogen-bond acceptors (Lipinski definition) is 7. The number of hydrogen-bond donors (Lipinski definition) is 3. The summed E-state index contributed by atoms with van der Waals surface area (Å²) in [5.74, 6) is 0.771. The quantitative estimate of drug-likeness (QED) is 0.606. The lowest BCUT2D eigenvalue weighted by Crippen LogP contribution is -2.55. The van der Waals surface area contributed by atoms with Crippen molar-refractivity contribution in [2.45, 2.75) is 38.8 Å². The van der Waals surface area contributed by atoms with Gasteiger partial charge in [-0.05, 0) is 18.2 Å². The second-order valence-corrected chi connectivity index (χ2v) is 8.27. The van der Waals surface area contributed by atoms with E-state index in [9.17, 15) is 9.90 Å². The molecule has 158 valence electrons. The molecular weight excluding hydrogens is 382 g/mol. The predicted molar refractivity (Wildman–Crippen MR) is 116 cm³/mol. The van der Waals surface area contributed by atoms with Crippen molar-refractivity contribution in [3.8, 4) is 0 Å². The van der Waals surface area contributed by atoms with Gasteiger partial charge in [0, 0.05) is 43.2 Å². The maximum Gasteiger partial charge on any atom is 0.274 e. The number of aliphatic hydroxyl groups excluding tert-OH is 1. The van der Waals surface area contributed by atoms with Crippen LogP contribution in [0.25, 0.3) is 11.1 Å². The largest absolute Gasteiger partial charge is 0.459 e. The van der Waals surface area contributed by atoms with Gasteiger partial charge in [0.05, 0.1) is 23.7 Å². The van der Waals surface area contributed by atoms with E-state index in [-0.39, 0.29) is 23.8 Å². The fraction of sp³-hybridized carbons (Fsp3) is 0.409. The molecule has 0 spiro atoms. The minimum absolute atomic E-state index is 0.0192. The SMILES string of the molecule is CC(C)c1cc2nc(C(=O)Nc3cnccc3N3CC(C)C(O)C(N)C3)ccc2o1. The summed E-state index contributed by atoms with van der Waals surface area (Å²) in [5.41, 5.74) is 9.11. The molecular formula is C22H27N5O3. The molecule has 4 heterocycles. The van der Waals surface area contributed by atoms with Gasteiger partial charge in [-0.3, -0.25) is 9.78 Å². The first-order chi connectivity index (χ1) is 14.3. The Labute approximate surface area is 175 Å². The van der Waals surface area contributed by atoms with Crippen LogP contribution in [-0.2, 0) is 0 Å². The topological polar surface area (TPSA) is 118 Å². The van der Waals surface area contributed by atoms with Gasteiger partial charge < -0.3 is 25.5 Å². The van der Waals surface area contributed by atoms with Gasteiger partial charge in [0.15, 0.2) is 5.58 Å². The van der Waals surface area contributed by atoms with Crippen molar-refractivity contribution in [2.24, 2.45) is 11.7 Å². The number of nitrogens with two attached hydrogens (primary N) is 1. The van der Waals surface area contributed by atoms with E-state index in [2.05, 4.69) is 20.2 Å². The molecule has 4 N–H and O–H groups in total. The van der Waals surface area contributed by atoms with E-state index in [1.165, 1.54) is 0 Å². The van der Waals surface area contributed by atoms with Crippen molar-refractivity contribution in [1.82, 2.24) is 9.97 Å². The van der Waals surface area contributed by atoms with Crippen LogP contribution in [-0.4, -0.2) is 46.2 Å². The summed E-state index contributed by atoms with van der Waals surface area (Å²) >= 11 is 0. The first-order valence-electron chi connectivity index (χ1n) is 10.2. The van der Waals surface area contributed by atoms with Crippen molar-refractivity contribution in [3.05, 3.63) is 48.1 Å². The zero-order valence-electron chi connectivity index (χ0n) is 17.4. The zero-order valence-corrected chi connectivity index (χ0v) is 17.4. The van der Waals surface area contributed by atoms with Crippen LogP contribution in [0.4, 0.5) is 11.4 Å². The molecule has 0 saturated carbocycles. The molecule has 0 radical (unpaired) electrons. The minimum Gasteiger partial charge on any atom is -0.459 e. The van der Waals surface area contributed by atoms with Crippen LogP contribution in [0.5, 0.6) is 0 Å². The van der Waals surface area contributed by atoms with Gasteiger partial charge in [-0.25, -0.2) is 4.98 Å². The minimum atomic E-state index is -0.539. The number of piperidine rings is 1. The molecule has 1 aliphatic heterocycles. The first kappa shape index (κ1) is 20.3. The summed E-state index contributed by atoms with van der Waals surface area (Å²) in [6.45, 7) is 7.18. The van der Waals surface area contributed by atoms with Gasteiger partial charge in [-0.1, -0.05) is 20.8 Å². The highest BCUT2D eigenvalue weighted by Gasteiger charge is 2.32. The Morgan fingerprint density at radius 3 is 2.87 bits per heavy atom. The zero-order chi connectivity index (χ0) is 21.4. The molecule has 8 heteroatoms. The monoisotopic (exact) mass is 409 g/mol. The molecule has 3 unspecified atom stereocenters. The average Bonchev–Trinajstić information content (AvgIpc) is 3.16. The van der Waals surface area contributed by atoms with Gasteiger partial charge in [0.25, 0.3) is 5.91 Å². The lowest BCUT2D eigenvalue weighted by Gasteiger charge is -2.40. The number of anilines is 2. The number of rotatable bonds is 4. The summed E-state index contributed by atoms with van der Waals surface area (Å²) in [5, 5.41) is 13.1. The lowest BCUT2D eigenvalue weighted by molar-refractivity contribution is 0.0785. The number of nitrogens with one attached hydrogen (secondary N) is 1. The molecule has 1 aliphatic rings. The number of furan rings is 1. The maximum atomic E-state index is 12.9. The van der Waals surface area contributed by atoms with Crippen molar-refractivity contribution in [3.63, 3.8) is 0 Å². The third-order valence-corrected chi connectivity index (χ3v) is 5.54. The van der Waals surface area contributed by atoms with Gasteiger partial charge in [-0.2, -0.15) is 0 Å². The van der Waals surface area contributed by atoms with Crippen LogP contribution in [0.3, 0.4) is 0 Å². The van der Waals surface area contributed by atoms with Crippen LogP contribution >= 0.6 is 0 Å². The Kier molecular flexibility index (Phi) is 5.44. The second-order valence-electron chi connectivity index (χ2n) is 8.27. The van der Waals surface area contributed by atoms with Gasteiger partial charge in [-0.15, -0.1) is 0 Å². The van der Waals surface area contributed by atoms with Gasteiger partial charge in [0.2, 0.25) is 0 Å². The van der Waals surface area contributed by atoms with E-state index in [1.807, 2.05) is 32.9 Å². The summed E-state index contributed by atoms with van der Waals surface area (Å²) in [6, 6.07) is 6.77. The molecule has 3 aromatic heterocycles. The Bertz CT molecular complexity index is 1050. The molecule has 3 atom stereocenters. The third kappa shape index (κ3) is 3.88. The number of amides is 1. The molecule has 4 rings (SSSR count). The normalized spacial score (nSPS) is 21.9. The number of carbonyl (C=O) groups is 1. The summed E-state index contributed by atoms with van der Waals surface area (Å²) in [7, 11) is 0. The third-order valence-electron chi connectivity index (χ3n) is 5.54. The standard InChI is InChI=1S/C22H27N5O3/c1-12(2)20-8-16-19(30-20)5-4-15(25-16)22(29)26-17-9-24-7-6-18(17)27-10-13(3)21(28)14(23)11-27/h4-9,12-14,21,28H,10-11,23H2,1-3H3,(H,26,29). The molecule has 1 amide bonds. The van der Waals surface area contributed by atoms with Crippen molar-refractivity contribution < 1.29 is 14.3 Å². The highest BCUT2D eigenvalue weighted by Crippen LogP contribution is 2.30. The summed E-state index contributed by atoms with van der Waals surface area (Å²) in [6.07, 6.45) is 2.75. The summed E-state index contributed by atoms with van der Waals surface area (Å²) in [4.78, 5) is 23.6. The molecule has 3 aromatic rings. The Morgan fingerprint density at radius 1 is 1.33 bits per heavy atom. The molecule has 8 nitrogen and oxygen atoms in total. The number of carbonyl (C=O) groups excluding carboxylic acids is 1. The lowest BCUT2D eigenvalue weighted by atomic mass is 9.92. The van der Waals surface area contributed by atoms with Crippen molar-refractivity contribution >= 4 is 28.4 Å². The van der Waals surface area contributed by atoms with E-state index in [0.717, 1.165) is 11.4 Å². The molecule has 0 bridgehead atoms. The van der Waals surface area contributed by atoms with Crippen LogP contribution in [0.2, 0.25) is 0 Å². The van der Waals surface area contributed by atoms with Crippen LogP contribution < -0.4 is 16.0 Å². The smallest absolute Gasteiger partial charge is 0.274 e. The molecule has 0 aromatic carbocycles. The van der Waals surface area contributed by atoms with Crippen LogP contribution in [0.15, 0.2) is 41.1 Å². The van der Waals surface area contributed by atoms with E-state index in [4.69, 9.17) is 10.2 Å². The van der Waals surface area contributed by atoms with Crippen LogP contribution in [0.1, 0.15) is 42.9 Å². The Morgan fingerprint density at radius 2 is 2.13 bits per heavy atom. The van der Waals surface area contributed by atoms with Gasteiger partial charge >= 0.3 is 0 Å². The fourth-order valence-corrected chi connectivity index (χ4v) is 3.81. The second kappa shape index (κ2) is 8.04. The number of aliphatic hydroxyl groups is 1. The number of pyridine rings is 2. The van der Waals surface area contributed by atoms with E-state index in [1.54, 1.807) is 24.5 Å². The molecule has 30 heavy (non-hydrogen) atoms. The van der Waals surface area contributed by atoms with E-state index < -0.39 is 6.10 Å². The number of fused-ring (bicyclic) bond motifs is 1. The predicted octanol–water partition coefficient (Wildman–Crippen LogP) is 2.74. The Balaban J connectivity index is 1.57. The van der Waals surface area contributed by atoms with Crippen molar-refractivity contribution in [1.29, 1.82) is 0 Å². The maximum absolute atomic E-state index is 12.9. The summed E-state index contributed by atoms with van der Waals surface area (Å²) < 4.78 is 5.77.